The summed E-state index contributed by atoms with van der Waals surface area (Å²) in [6, 6.07) is 4.91. The van der Waals surface area contributed by atoms with Gasteiger partial charge in [-0.15, -0.1) is 0 Å². The standard InChI is InChI=1S/C15H22FNO/c1-11-5-6-15(16)7-14(11)9-17-8-12-3-2-4-13(12)10-18/h5-7,12-13,17-18H,2-4,8-10H2,1H3. The Bertz CT molecular complexity index is 394. The van der Waals surface area contributed by atoms with Crippen LogP contribution in [-0.2, 0) is 6.54 Å². The molecule has 0 amide bonds. The predicted octanol–water partition coefficient (Wildman–Crippen LogP) is 2.63. The van der Waals surface area contributed by atoms with Crippen molar-refractivity contribution in [1.29, 1.82) is 0 Å². The van der Waals surface area contributed by atoms with E-state index in [0.717, 1.165) is 24.1 Å². The average Bonchev–Trinajstić information content (AvgIpc) is 2.81. The Kier molecular flexibility index (Phi) is 4.72. The number of rotatable bonds is 5. The summed E-state index contributed by atoms with van der Waals surface area (Å²) in [6.07, 6.45) is 3.55. The van der Waals surface area contributed by atoms with E-state index in [1.807, 2.05) is 13.0 Å². The highest BCUT2D eigenvalue weighted by atomic mass is 19.1. The fourth-order valence-corrected chi connectivity index (χ4v) is 2.85. The van der Waals surface area contributed by atoms with Crippen LogP contribution < -0.4 is 5.32 Å². The topological polar surface area (TPSA) is 32.3 Å². The molecular formula is C15H22FNO. The third-order valence-corrected chi connectivity index (χ3v) is 4.08. The Labute approximate surface area is 108 Å². The molecular weight excluding hydrogens is 229 g/mol. The van der Waals surface area contributed by atoms with Gasteiger partial charge in [0.25, 0.3) is 0 Å². The van der Waals surface area contributed by atoms with Gasteiger partial charge in [0.15, 0.2) is 0 Å². The van der Waals surface area contributed by atoms with E-state index in [1.165, 1.54) is 18.9 Å². The van der Waals surface area contributed by atoms with Gasteiger partial charge >= 0.3 is 0 Å². The Balaban J connectivity index is 1.83. The number of nitrogens with one attached hydrogen (secondary N) is 1. The molecule has 18 heavy (non-hydrogen) atoms. The molecule has 0 bridgehead atoms. The van der Waals surface area contributed by atoms with E-state index < -0.39 is 0 Å². The van der Waals surface area contributed by atoms with Gasteiger partial charge in [0.1, 0.15) is 5.82 Å². The van der Waals surface area contributed by atoms with Gasteiger partial charge in [-0.2, -0.15) is 0 Å². The zero-order valence-electron chi connectivity index (χ0n) is 11.0. The number of aryl methyl sites for hydroxylation is 1. The van der Waals surface area contributed by atoms with Gasteiger partial charge < -0.3 is 10.4 Å². The number of aliphatic hydroxyl groups is 1. The summed E-state index contributed by atoms with van der Waals surface area (Å²) in [6.45, 7) is 3.92. The van der Waals surface area contributed by atoms with Crippen molar-refractivity contribution in [3.63, 3.8) is 0 Å². The quantitative estimate of drug-likeness (QED) is 0.843. The van der Waals surface area contributed by atoms with Gasteiger partial charge in [-0.05, 0) is 61.4 Å². The van der Waals surface area contributed by atoms with Gasteiger partial charge in [-0.25, -0.2) is 4.39 Å². The Hall–Kier alpha value is -0.930. The number of hydrogen-bond acceptors (Lipinski definition) is 2. The second kappa shape index (κ2) is 6.30. The molecule has 1 fully saturated rings. The largest absolute Gasteiger partial charge is 0.396 e. The smallest absolute Gasteiger partial charge is 0.123 e. The van der Waals surface area contributed by atoms with Crippen LogP contribution >= 0.6 is 0 Å². The lowest BCUT2D eigenvalue weighted by atomic mass is 9.97. The number of aliphatic hydroxyl groups excluding tert-OH is 1. The van der Waals surface area contributed by atoms with Crippen LogP contribution in [0.3, 0.4) is 0 Å². The molecule has 1 saturated carbocycles. The molecule has 2 atom stereocenters. The summed E-state index contributed by atoms with van der Waals surface area (Å²) in [5.41, 5.74) is 2.14. The van der Waals surface area contributed by atoms with Crippen LogP contribution in [0.4, 0.5) is 4.39 Å². The second-order valence-electron chi connectivity index (χ2n) is 5.34. The van der Waals surface area contributed by atoms with Crippen molar-refractivity contribution < 1.29 is 9.50 Å². The molecule has 100 valence electrons. The van der Waals surface area contributed by atoms with E-state index in [2.05, 4.69) is 5.32 Å². The highest BCUT2D eigenvalue weighted by molar-refractivity contribution is 5.26. The Morgan fingerprint density at radius 2 is 2.11 bits per heavy atom. The first kappa shape index (κ1) is 13.5. The molecule has 0 spiro atoms. The average molecular weight is 251 g/mol. The van der Waals surface area contributed by atoms with Crippen LogP contribution in [0.15, 0.2) is 18.2 Å². The van der Waals surface area contributed by atoms with Gasteiger partial charge in [0.2, 0.25) is 0 Å². The fourth-order valence-electron chi connectivity index (χ4n) is 2.85. The molecule has 0 saturated heterocycles. The van der Waals surface area contributed by atoms with Gasteiger partial charge in [0, 0.05) is 13.2 Å². The minimum absolute atomic E-state index is 0.175. The molecule has 1 aromatic rings. The van der Waals surface area contributed by atoms with E-state index in [9.17, 15) is 9.50 Å². The minimum Gasteiger partial charge on any atom is -0.396 e. The van der Waals surface area contributed by atoms with E-state index in [4.69, 9.17) is 0 Å². The maximum Gasteiger partial charge on any atom is 0.123 e. The first-order valence-corrected chi connectivity index (χ1v) is 6.77. The van der Waals surface area contributed by atoms with Crippen molar-refractivity contribution in [2.75, 3.05) is 13.2 Å². The number of hydrogen-bond donors (Lipinski definition) is 2. The molecule has 2 unspecified atom stereocenters. The van der Waals surface area contributed by atoms with Crippen molar-refractivity contribution in [1.82, 2.24) is 5.32 Å². The summed E-state index contributed by atoms with van der Waals surface area (Å²) < 4.78 is 13.1. The molecule has 2 nitrogen and oxygen atoms in total. The molecule has 2 rings (SSSR count). The summed E-state index contributed by atoms with van der Waals surface area (Å²) in [4.78, 5) is 0. The molecule has 0 aromatic heterocycles. The van der Waals surface area contributed by atoms with E-state index in [-0.39, 0.29) is 5.82 Å². The third kappa shape index (κ3) is 3.30. The van der Waals surface area contributed by atoms with Crippen LogP contribution in [0.1, 0.15) is 30.4 Å². The van der Waals surface area contributed by atoms with Crippen LogP contribution in [0, 0.1) is 24.6 Å². The van der Waals surface area contributed by atoms with Gasteiger partial charge in [-0.1, -0.05) is 12.5 Å². The Morgan fingerprint density at radius 3 is 2.89 bits per heavy atom. The van der Waals surface area contributed by atoms with Crippen molar-refractivity contribution in [2.45, 2.75) is 32.7 Å². The van der Waals surface area contributed by atoms with Crippen LogP contribution in [0.2, 0.25) is 0 Å². The minimum atomic E-state index is -0.175. The summed E-state index contributed by atoms with van der Waals surface area (Å²) >= 11 is 0. The normalized spacial score (nSPS) is 23.5. The molecule has 1 aliphatic rings. The number of benzene rings is 1. The van der Waals surface area contributed by atoms with E-state index >= 15 is 0 Å². The molecule has 3 heteroatoms. The molecule has 1 aliphatic carbocycles. The molecule has 2 N–H and O–H groups in total. The summed E-state index contributed by atoms with van der Waals surface area (Å²) in [5.74, 6) is 0.849. The summed E-state index contributed by atoms with van der Waals surface area (Å²) in [7, 11) is 0. The lowest BCUT2D eigenvalue weighted by molar-refractivity contribution is 0.192. The van der Waals surface area contributed by atoms with Crippen molar-refractivity contribution in [3.05, 3.63) is 35.1 Å². The number of halogens is 1. The van der Waals surface area contributed by atoms with Crippen LogP contribution in [-0.4, -0.2) is 18.3 Å². The lowest BCUT2D eigenvalue weighted by Gasteiger charge is -2.18. The zero-order valence-corrected chi connectivity index (χ0v) is 11.0. The SMILES string of the molecule is Cc1ccc(F)cc1CNCC1CCCC1CO. The maximum absolute atomic E-state index is 13.1. The lowest BCUT2D eigenvalue weighted by Crippen LogP contribution is -2.26. The molecule has 0 radical (unpaired) electrons. The van der Waals surface area contributed by atoms with Crippen molar-refractivity contribution in [2.24, 2.45) is 11.8 Å². The molecule has 0 aliphatic heterocycles. The van der Waals surface area contributed by atoms with Crippen molar-refractivity contribution >= 4 is 0 Å². The van der Waals surface area contributed by atoms with Crippen LogP contribution in [0.5, 0.6) is 0 Å². The first-order valence-electron chi connectivity index (χ1n) is 6.77. The van der Waals surface area contributed by atoms with E-state index in [0.29, 0.717) is 25.0 Å². The third-order valence-electron chi connectivity index (χ3n) is 4.08. The molecule has 0 heterocycles. The van der Waals surface area contributed by atoms with Crippen LogP contribution in [0.25, 0.3) is 0 Å². The maximum atomic E-state index is 13.1. The highest BCUT2D eigenvalue weighted by Crippen LogP contribution is 2.30. The zero-order chi connectivity index (χ0) is 13.0. The first-order chi connectivity index (χ1) is 8.70. The fraction of sp³-hybridized carbons (Fsp3) is 0.600. The Morgan fingerprint density at radius 1 is 1.33 bits per heavy atom. The monoisotopic (exact) mass is 251 g/mol. The second-order valence-corrected chi connectivity index (χ2v) is 5.34. The highest BCUT2D eigenvalue weighted by Gasteiger charge is 2.25. The predicted molar refractivity (Wildman–Crippen MR) is 70.8 cm³/mol. The molecule has 1 aromatic carbocycles. The van der Waals surface area contributed by atoms with Gasteiger partial charge in [-0.3, -0.25) is 0 Å². The van der Waals surface area contributed by atoms with Crippen molar-refractivity contribution in [3.8, 4) is 0 Å². The van der Waals surface area contributed by atoms with Gasteiger partial charge in [0.05, 0.1) is 0 Å². The summed E-state index contributed by atoms with van der Waals surface area (Å²) in [5, 5.41) is 12.7. The van der Waals surface area contributed by atoms with E-state index in [1.54, 1.807) is 6.07 Å².